The number of hydrogen-bond acceptors (Lipinski definition) is 4. The molecule has 0 fully saturated rings. The molecule has 0 unspecified atom stereocenters. The van der Waals surface area contributed by atoms with E-state index in [2.05, 4.69) is 4.98 Å². The van der Waals surface area contributed by atoms with Crippen molar-refractivity contribution in [1.82, 2.24) is 4.98 Å². The van der Waals surface area contributed by atoms with Gasteiger partial charge in [-0.1, -0.05) is 18.2 Å². The molecule has 1 N–H and O–H groups in total. The second-order valence-corrected chi connectivity index (χ2v) is 3.99. The van der Waals surface area contributed by atoms with Crippen molar-refractivity contribution in [1.29, 1.82) is 0 Å². The predicted molar refractivity (Wildman–Crippen MR) is 63.6 cm³/mol. The van der Waals surface area contributed by atoms with Gasteiger partial charge in [0.2, 0.25) is 5.78 Å². The van der Waals surface area contributed by atoms with Crippen molar-refractivity contribution in [2.24, 2.45) is 0 Å². The van der Waals surface area contributed by atoms with Crippen molar-refractivity contribution in [3.8, 4) is 5.75 Å². The summed E-state index contributed by atoms with van der Waals surface area (Å²) in [4.78, 5) is 15.5. The van der Waals surface area contributed by atoms with Gasteiger partial charge >= 0.3 is 0 Å². The molecule has 0 spiro atoms. The monoisotopic (exact) mass is 231 g/mol. The van der Waals surface area contributed by atoms with Crippen molar-refractivity contribution < 1.29 is 9.90 Å². The molecule has 1 heterocycles. The highest BCUT2D eigenvalue weighted by Gasteiger charge is 2.03. The van der Waals surface area contributed by atoms with Crippen LogP contribution >= 0.6 is 11.3 Å². The normalized spacial score (nSPS) is 10.8. The van der Waals surface area contributed by atoms with Crippen LogP contribution in [0.4, 0.5) is 0 Å². The number of carbonyl (C=O) groups excluding carboxylic acids is 1. The zero-order valence-corrected chi connectivity index (χ0v) is 9.15. The number of thiazole rings is 1. The first-order valence-corrected chi connectivity index (χ1v) is 5.55. The third-order valence-corrected chi connectivity index (χ3v) is 2.78. The molecule has 0 aliphatic rings. The van der Waals surface area contributed by atoms with Crippen LogP contribution in [0.1, 0.15) is 15.4 Å². The molecule has 1 aromatic carbocycles. The Morgan fingerprint density at radius 1 is 1.38 bits per heavy atom. The van der Waals surface area contributed by atoms with Crippen LogP contribution in [-0.4, -0.2) is 15.9 Å². The van der Waals surface area contributed by atoms with Gasteiger partial charge in [-0.15, -0.1) is 11.3 Å². The first-order chi connectivity index (χ1) is 7.77. The highest BCUT2D eigenvalue weighted by atomic mass is 32.1. The molecule has 80 valence electrons. The highest BCUT2D eigenvalue weighted by Crippen LogP contribution is 2.17. The molecular weight excluding hydrogens is 222 g/mol. The number of phenols is 1. The van der Waals surface area contributed by atoms with E-state index in [1.54, 1.807) is 41.9 Å². The first kappa shape index (κ1) is 10.6. The standard InChI is InChI=1S/C12H9NO2S/c14-10-4-2-1-3-9(10)5-6-11(15)12-13-7-8-16-12/h1-8,14H. The molecule has 3 nitrogen and oxygen atoms in total. The van der Waals surface area contributed by atoms with Gasteiger partial charge in [0.05, 0.1) is 0 Å². The average molecular weight is 231 g/mol. The minimum absolute atomic E-state index is 0.154. The van der Waals surface area contributed by atoms with E-state index in [1.165, 1.54) is 17.4 Å². The molecule has 0 atom stereocenters. The summed E-state index contributed by atoms with van der Waals surface area (Å²) in [5, 5.41) is 11.7. The lowest BCUT2D eigenvalue weighted by Gasteiger charge is -1.96. The van der Waals surface area contributed by atoms with Crippen LogP contribution in [0.5, 0.6) is 5.75 Å². The molecule has 0 bridgehead atoms. The Labute approximate surface area is 96.7 Å². The van der Waals surface area contributed by atoms with Crippen LogP contribution in [0.2, 0.25) is 0 Å². The fraction of sp³-hybridized carbons (Fsp3) is 0. The van der Waals surface area contributed by atoms with E-state index < -0.39 is 0 Å². The Morgan fingerprint density at radius 3 is 2.88 bits per heavy atom. The van der Waals surface area contributed by atoms with E-state index in [0.29, 0.717) is 10.6 Å². The van der Waals surface area contributed by atoms with Crippen molar-refractivity contribution in [2.75, 3.05) is 0 Å². The summed E-state index contributed by atoms with van der Waals surface area (Å²) in [6.07, 6.45) is 4.58. The van der Waals surface area contributed by atoms with Gasteiger partial charge in [0, 0.05) is 17.1 Å². The van der Waals surface area contributed by atoms with Crippen LogP contribution in [0.3, 0.4) is 0 Å². The lowest BCUT2D eigenvalue weighted by atomic mass is 10.2. The van der Waals surface area contributed by atoms with Crippen LogP contribution < -0.4 is 0 Å². The lowest BCUT2D eigenvalue weighted by Crippen LogP contribution is -1.91. The molecule has 16 heavy (non-hydrogen) atoms. The SMILES string of the molecule is O=C(C=Cc1ccccc1O)c1nccs1. The molecule has 0 saturated heterocycles. The largest absolute Gasteiger partial charge is 0.507 e. The number of aromatic hydroxyl groups is 1. The Kier molecular flexibility index (Phi) is 3.12. The molecule has 0 amide bonds. The third-order valence-electron chi connectivity index (χ3n) is 1.99. The van der Waals surface area contributed by atoms with Gasteiger partial charge in [0.25, 0.3) is 0 Å². The molecule has 2 aromatic rings. The number of allylic oxidation sites excluding steroid dienone is 1. The maximum Gasteiger partial charge on any atom is 0.214 e. The minimum atomic E-state index is -0.154. The molecule has 1 aromatic heterocycles. The van der Waals surface area contributed by atoms with E-state index in [-0.39, 0.29) is 11.5 Å². The number of para-hydroxylation sites is 1. The van der Waals surface area contributed by atoms with Crippen LogP contribution in [0, 0.1) is 0 Å². The zero-order chi connectivity index (χ0) is 11.4. The number of ketones is 1. The predicted octanol–water partition coefficient (Wildman–Crippen LogP) is 2.74. The zero-order valence-electron chi connectivity index (χ0n) is 8.33. The Bertz CT molecular complexity index is 518. The summed E-state index contributed by atoms with van der Waals surface area (Å²) in [5.74, 6) is 0.00365. The summed E-state index contributed by atoms with van der Waals surface area (Å²) in [7, 11) is 0. The smallest absolute Gasteiger partial charge is 0.214 e. The Morgan fingerprint density at radius 2 is 2.19 bits per heavy atom. The van der Waals surface area contributed by atoms with E-state index in [0.717, 1.165) is 0 Å². The van der Waals surface area contributed by atoms with Gasteiger partial charge in [-0.3, -0.25) is 4.79 Å². The molecule has 4 heteroatoms. The number of phenolic OH excluding ortho intramolecular Hbond substituents is 1. The number of carbonyl (C=O) groups is 1. The van der Waals surface area contributed by atoms with Gasteiger partial charge in [-0.2, -0.15) is 0 Å². The average Bonchev–Trinajstić information content (AvgIpc) is 2.81. The summed E-state index contributed by atoms with van der Waals surface area (Å²) < 4.78 is 0. The maximum absolute atomic E-state index is 11.6. The topological polar surface area (TPSA) is 50.2 Å². The van der Waals surface area contributed by atoms with Crippen molar-refractivity contribution in [3.05, 3.63) is 52.5 Å². The molecule has 0 radical (unpaired) electrons. The van der Waals surface area contributed by atoms with Gasteiger partial charge in [-0.05, 0) is 18.2 Å². The lowest BCUT2D eigenvalue weighted by molar-refractivity contribution is 0.104. The number of nitrogens with zero attached hydrogens (tertiary/aromatic N) is 1. The molecule has 0 saturated carbocycles. The summed E-state index contributed by atoms with van der Waals surface area (Å²) >= 11 is 1.30. The van der Waals surface area contributed by atoms with Gasteiger partial charge in [-0.25, -0.2) is 4.98 Å². The van der Waals surface area contributed by atoms with E-state index in [1.807, 2.05) is 0 Å². The summed E-state index contributed by atoms with van der Waals surface area (Å²) in [6.45, 7) is 0. The van der Waals surface area contributed by atoms with Gasteiger partial charge < -0.3 is 5.11 Å². The number of benzene rings is 1. The Balaban J connectivity index is 2.16. The van der Waals surface area contributed by atoms with E-state index in [9.17, 15) is 9.90 Å². The van der Waals surface area contributed by atoms with Crippen LogP contribution in [0.15, 0.2) is 41.9 Å². The number of aromatic nitrogens is 1. The third kappa shape index (κ3) is 2.35. The maximum atomic E-state index is 11.6. The molecule has 2 rings (SSSR count). The number of hydrogen-bond donors (Lipinski definition) is 1. The fourth-order valence-electron chi connectivity index (χ4n) is 1.21. The highest BCUT2D eigenvalue weighted by molar-refractivity contribution is 7.11. The van der Waals surface area contributed by atoms with Crippen LogP contribution in [0.25, 0.3) is 6.08 Å². The Hall–Kier alpha value is -1.94. The summed E-state index contributed by atoms with van der Waals surface area (Å²) in [5.41, 5.74) is 0.618. The molecule has 0 aliphatic heterocycles. The van der Waals surface area contributed by atoms with Crippen molar-refractivity contribution >= 4 is 23.2 Å². The summed E-state index contributed by atoms with van der Waals surface area (Å²) in [6, 6.07) is 6.84. The molecular formula is C12H9NO2S. The quantitative estimate of drug-likeness (QED) is 0.652. The van der Waals surface area contributed by atoms with Gasteiger partial charge in [0.15, 0.2) is 5.01 Å². The molecule has 0 aliphatic carbocycles. The first-order valence-electron chi connectivity index (χ1n) is 4.67. The van der Waals surface area contributed by atoms with E-state index in [4.69, 9.17) is 0 Å². The second-order valence-electron chi connectivity index (χ2n) is 3.09. The van der Waals surface area contributed by atoms with Crippen molar-refractivity contribution in [3.63, 3.8) is 0 Å². The number of rotatable bonds is 3. The fourth-order valence-corrected chi connectivity index (χ4v) is 1.77. The van der Waals surface area contributed by atoms with Crippen molar-refractivity contribution in [2.45, 2.75) is 0 Å². The van der Waals surface area contributed by atoms with E-state index >= 15 is 0 Å². The van der Waals surface area contributed by atoms with Gasteiger partial charge in [0.1, 0.15) is 5.75 Å². The minimum Gasteiger partial charge on any atom is -0.507 e. The van der Waals surface area contributed by atoms with Crippen LogP contribution in [-0.2, 0) is 0 Å². The second kappa shape index (κ2) is 4.72.